The van der Waals surface area contributed by atoms with Crippen LogP contribution in [0.3, 0.4) is 0 Å². The maximum Gasteiger partial charge on any atom is 0.416 e. The van der Waals surface area contributed by atoms with E-state index in [1.165, 1.54) is 10.9 Å². The Bertz CT molecular complexity index is 901. The smallest absolute Gasteiger partial charge is 0.416 e. The Morgan fingerprint density at radius 1 is 1.15 bits per heavy atom. The van der Waals surface area contributed by atoms with E-state index in [1.54, 1.807) is 30.6 Å². The molecule has 2 aromatic heterocycles. The fourth-order valence-electron chi connectivity index (χ4n) is 2.37. The van der Waals surface area contributed by atoms with E-state index in [0.29, 0.717) is 5.76 Å². The topological polar surface area (TPSA) is 77.1 Å². The summed E-state index contributed by atoms with van der Waals surface area (Å²) < 4.78 is 71.8. The number of hydrogen-bond donors (Lipinski definition) is 1. The SMILES string of the molecule is O=S(=O)(NCC(c1ccco1)n1cccn1)c1ccc(C(F)(F)F)cc1. The number of rotatable bonds is 6. The quantitative estimate of drug-likeness (QED) is 0.708. The van der Waals surface area contributed by atoms with E-state index in [9.17, 15) is 21.6 Å². The van der Waals surface area contributed by atoms with Crippen LogP contribution in [0.5, 0.6) is 0 Å². The van der Waals surface area contributed by atoms with Crippen molar-refractivity contribution in [3.63, 3.8) is 0 Å². The minimum Gasteiger partial charge on any atom is -0.467 e. The maximum absolute atomic E-state index is 12.6. The van der Waals surface area contributed by atoms with Crippen LogP contribution in [0, 0.1) is 0 Å². The lowest BCUT2D eigenvalue weighted by molar-refractivity contribution is -0.137. The average Bonchev–Trinajstić information content (AvgIpc) is 3.28. The third-order valence-electron chi connectivity index (χ3n) is 3.67. The summed E-state index contributed by atoms with van der Waals surface area (Å²) in [6.07, 6.45) is 0.121. The molecule has 0 aliphatic heterocycles. The van der Waals surface area contributed by atoms with Gasteiger partial charge in [0, 0.05) is 18.9 Å². The summed E-state index contributed by atoms with van der Waals surface area (Å²) in [5.74, 6) is 0.490. The molecule has 0 aliphatic rings. The Morgan fingerprint density at radius 3 is 2.42 bits per heavy atom. The summed E-state index contributed by atoms with van der Waals surface area (Å²) in [5.41, 5.74) is -0.915. The number of aromatic nitrogens is 2. The number of alkyl halides is 3. The number of benzene rings is 1. The van der Waals surface area contributed by atoms with Gasteiger partial charge in [0.05, 0.1) is 16.7 Å². The second-order valence-corrected chi connectivity index (χ2v) is 7.16. The van der Waals surface area contributed by atoms with Crippen molar-refractivity contribution in [3.05, 3.63) is 72.4 Å². The van der Waals surface area contributed by atoms with Crippen LogP contribution in [-0.4, -0.2) is 24.7 Å². The average molecular weight is 385 g/mol. The van der Waals surface area contributed by atoms with Gasteiger partial charge in [0.25, 0.3) is 0 Å². The largest absolute Gasteiger partial charge is 0.467 e. The molecule has 0 spiro atoms. The summed E-state index contributed by atoms with van der Waals surface area (Å²) in [7, 11) is -4.00. The van der Waals surface area contributed by atoms with Gasteiger partial charge in [-0.15, -0.1) is 0 Å². The summed E-state index contributed by atoms with van der Waals surface area (Å²) in [6.45, 7) is -0.0848. The first-order chi connectivity index (χ1) is 12.3. The van der Waals surface area contributed by atoms with E-state index in [1.807, 2.05) is 0 Å². The van der Waals surface area contributed by atoms with Gasteiger partial charge in [-0.1, -0.05) is 0 Å². The predicted octanol–water partition coefficient (Wildman–Crippen LogP) is 3.06. The molecule has 0 saturated heterocycles. The minimum atomic E-state index is -4.53. The van der Waals surface area contributed by atoms with Crippen LogP contribution in [0.1, 0.15) is 17.4 Å². The van der Waals surface area contributed by atoms with E-state index >= 15 is 0 Å². The van der Waals surface area contributed by atoms with Crippen molar-refractivity contribution in [2.75, 3.05) is 6.54 Å². The van der Waals surface area contributed by atoms with Gasteiger partial charge in [-0.3, -0.25) is 4.68 Å². The summed E-state index contributed by atoms with van der Waals surface area (Å²) >= 11 is 0. The van der Waals surface area contributed by atoms with Gasteiger partial charge < -0.3 is 4.42 Å². The zero-order valence-corrected chi connectivity index (χ0v) is 14.0. The van der Waals surface area contributed by atoms with Crippen LogP contribution in [0.25, 0.3) is 0 Å². The molecule has 6 nitrogen and oxygen atoms in total. The van der Waals surface area contributed by atoms with Gasteiger partial charge in [-0.05, 0) is 42.5 Å². The molecule has 0 fully saturated rings. The second kappa shape index (κ2) is 6.96. The highest BCUT2D eigenvalue weighted by molar-refractivity contribution is 7.89. The molecule has 0 saturated carbocycles. The van der Waals surface area contributed by atoms with Crippen molar-refractivity contribution in [1.29, 1.82) is 0 Å². The molecule has 0 aliphatic carbocycles. The van der Waals surface area contributed by atoms with Crippen LogP contribution in [0.15, 0.2) is 70.4 Å². The zero-order valence-electron chi connectivity index (χ0n) is 13.2. The first kappa shape index (κ1) is 18.2. The highest BCUT2D eigenvalue weighted by Crippen LogP contribution is 2.29. The predicted molar refractivity (Wildman–Crippen MR) is 85.7 cm³/mol. The fraction of sp³-hybridized carbons (Fsp3) is 0.188. The first-order valence-electron chi connectivity index (χ1n) is 7.47. The van der Waals surface area contributed by atoms with Gasteiger partial charge in [-0.25, -0.2) is 13.1 Å². The van der Waals surface area contributed by atoms with Crippen molar-refractivity contribution in [1.82, 2.24) is 14.5 Å². The van der Waals surface area contributed by atoms with E-state index < -0.39 is 27.8 Å². The van der Waals surface area contributed by atoms with Crippen molar-refractivity contribution in [2.45, 2.75) is 17.1 Å². The Morgan fingerprint density at radius 2 is 1.88 bits per heavy atom. The Balaban J connectivity index is 1.78. The van der Waals surface area contributed by atoms with E-state index in [2.05, 4.69) is 9.82 Å². The maximum atomic E-state index is 12.6. The summed E-state index contributed by atoms with van der Waals surface area (Å²) in [4.78, 5) is -0.260. The molecule has 1 N–H and O–H groups in total. The van der Waals surface area contributed by atoms with Crippen LogP contribution < -0.4 is 4.72 Å². The molecule has 1 aromatic carbocycles. The van der Waals surface area contributed by atoms with Gasteiger partial charge in [0.2, 0.25) is 10.0 Å². The lowest BCUT2D eigenvalue weighted by Gasteiger charge is -2.16. The third kappa shape index (κ3) is 3.97. The number of sulfonamides is 1. The lowest BCUT2D eigenvalue weighted by Crippen LogP contribution is -2.31. The summed E-state index contributed by atoms with van der Waals surface area (Å²) in [6, 6.07) is 7.78. The van der Waals surface area contributed by atoms with E-state index in [0.717, 1.165) is 24.3 Å². The molecule has 1 atom stereocenters. The number of furan rings is 1. The Labute approximate surface area is 147 Å². The number of nitrogens with zero attached hydrogens (tertiary/aromatic N) is 2. The van der Waals surface area contributed by atoms with Crippen molar-refractivity contribution in [2.24, 2.45) is 0 Å². The van der Waals surface area contributed by atoms with Gasteiger partial charge in [0.15, 0.2) is 0 Å². The highest BCUT2D eigenvalue weighted by Gasteiger charge is 2.30. The first-order valence-corrected chi connectivity index (χ1v) is 8.95. The van der Waals surface area contributed by atoms with Crippen molar-refractivity contribution in [3.8, 4) is 0 Å². The van der Waals surface area contributed by atoms with E-state index in [4.69, 9.17) is 4.42 Å². The molecule has 2 heterocycles. The molecule has 0 radical (unpaired) electrons. The Kier molecular flexibility index (Phi) is 4.88. The molecular formula is C16H14F3N3O3S. The number of nitrogens with one attached hydrogen (secondary N) is 1. The van der Waals surface area contributed by atoms with Gasteiger partial charge >= 0.3 is 6.18 Å². The molecule has 1 unspecified atom stereocenters. The molecule has 3 rings (SSSR count). The van der Waals surface area contributed by atoms with Crippen LogP contribution in [0.2, 0.25) is 0 Å². The van der Waals surface area contributed by atoms with Gasteiger partial charge in [0.1, 0.15) is 11.8 Å². The van der Waals surface area contributed by atoms with Crippen molar-refractivity contribution >= 4 is 10.0 Å². The molecular weight excluding hydrogens is 371 g/mol. The van der Waals surface area contributed by atoms with Crippen LogP contribution in [0.4, 0.5) is 13.2 Å². The number of halogens is 3. The summed E-state index contributed by atoms with van der Waals surface area (Å²) in [5, 5.41) is 4.08. The molecule has 3 aromatic rings. The van der Waals surface area contributed by atoms with Crippen LogP contribution in [-0.2, 0) is 16.2 Å². The fourth-order valence-corrected chi connectivity index (χ4v) is 3.40. The molecule has 0 bridgehead atoms. The van der Waals surface area contributed by atoms with Crippen molar-refractivity contribution < 1.29 is 26.0 Å². The van der Waals surface area contributed by atoms with Gasteiger partial charge in [-0.2, -0.15) is 18.3 Å². The highest BCUT2D eigenvalue weighted by atomic mass is 32.2. The molecule has 138 valence electrons. The van der Waals surface area contributed by atoms with E-state index in [-0.39, 0.29) is 11.4 Å². The third-order valence-corrected chi connectivity index (χ3v) is 5.11. The monoisotopic (exact) mass is 385 g/mol. The minimum absolute atomic E-state index is 0.0848. The Hall–Kier alpha value is -2.59. The molecule has 26 heavy (non-hydrogen) atoms. The van der Waals surface area contributed by atoms with Crippen LogP contribution >= 0.6 is 0 Å². The molecule has 0 amide bonds. The zero-order chi connectivity index (χ0) is 18.8. The standard InChI is InChI=1S/C16H14F3N3O3S/c17-16(18,19)12-4-6-13(7-5-12)26(23,24)21-11-14(15-3-1-10-25-15)22-9-2-8-20-22/h1-10,14,21H,11H2. The second-order valence-electron chi connectivity index (χ2n) is 5.39. The lowest BCUT2D eigenvalue weighted by atomic mass is 10.2. The normalized spacial score (nSPS) is 13.7. The number of hydrogen-bond acceptors (Lipinski definition) is 4. The molecule has 10 heteroatoms.